The molecule has 10 heteroatoms. The van der Waals surface area contributed by atoms with Crippen molar-refractivity contribution in [1.29, 1.82) is 0 Å². The number of carbonyl (C=O) groups is 2. The third kappa shape index (κ3) is 5.39. The van der Waals surface area contributed by atoms with Crippen LogP contribution in [0.4, 0.5) is 0 Å². The average Bonchev–Trinajstić information content (AvgIpc) is 3.37. The summed E-state index contributed by atoms with van der Waals surface area (Å²) in [6.45, 7) is 4.02. The summed E-state index contributed by atoms with van der Waals surface area (Å²) in [7, 11) is -4.71. The quantitative estimate of drug-likeness (QED) is 0.386. The molecule has 1 N–H and O–H groups in total. The highest BCUT2D eigenvalue weighted by atomic mass is 32.2. The van der Waals surface area contributed by atoms with E-state index >= 15 is 0 Å². The number of aromatic carboxylic acids is 1. The van der Waals surface area contributed by atoms with Crippen molar-refractivity contribution in [2.24, 2.45) is 0 Å². The number of benzene rings is 1. The van der Waals surface area contributed by atoms with Gasteiger partial charge in [0.2, 0.25) is 0 Å². The van der Waals surface area contributed by atoms with Gasteiger partial charge in [-0.25, -0.2) is 14.6 Å². The molecule has 0 bridgehead atoms. The SMILES string of the molecule is C=S1C=CC=C1C(C)(C(=O)OS(C)(=O)=O)c1cnc(CCCC)n1Cc1ccc(C(=O)O)cc1. The summed E-state index contributed by atoms with van der Waals surface area (Å²) in [5.74, 6) is 2.92. The maximum Gasteiger partial charge on any atom is 0.338 e. The molecule has 0 aliphatic carbocycles. The van der Waals surface area contributed by atoms with E-state index in [0.717, 1.165) is 30.5 Å². The van der Waals surface area contributed by atoms with Gasteiger partial charge in [-0.05, 0) is 36.4 Å². The van der Waals surface area contributed by atoms with Crippen LogP contribution in [-0.2, 0) is 37.5 Å². The van der Waals surface area contributed by atoms with Gasteiger partial charge in [0.1, 0.15) is 11.2 Å². The summed E-state index contributed by atoms with van der Waals surface area (Å²) in [5.41, 5.74) is 0.0277. The molecule has 0 saturated heterocycles. The van der Waals surface area contributed by atoms with E-state index in [1.165, 1.54) is 12.1 Å². The molecule has 0 radical (unpaired) electrons. The Morgan fingerprint density at radius 3 is 2.47 bits per heavy atom. The molecule has 1 aliphatic rings. The minimum Gasteiger partial charge on any atom is -0.478 e. The topological polar surface area (TPSA) is 116 Å². The molecular formula is C24H28N2O6S2. The van der Waals surface area contributed by atoms with Crippen molar-refractivity contribution < 1.29 is 27.3 Å². The average molecular weight is 505 g/mol. The fourth-order valence-electron chi connectivity index (χ4n) is 3.82. The molecule has 0 fully saturated rings. The monoisotopic (exact) mass is 504 g/mol. The van der Waals surface area contributed by atoms with Crippen LogP contribution in [0.15, 0.2) is 52.9 Å². The maximum atomic E-state index is 13.4. The number of imidazole rings is 1. The first kappa shape index (κ1) is 25.6. The van der Waals surface area contributed by atoms with Gasteiger partial charge in [-0.1, -0.05) is 43.5 Å². The second kappa shape index (κ2) is 10.1. The summed E-state index contributed by atoms with van der Waals surface area (Å²) in [6, 6.07) is 6.47. The zero-order valence-electron chi connectivity index (χ0n) is 19.4. The molecule has 1 aromatic heterocycles. The highest BCUT2D eigenvalue weighted by Crippen LogP contribution is 2.46. The van der Waals surface area contributed by atoms with E-state index in [1.807, 2.05) is 9.98 Å². The second-order valence-corrected chi connectivity index (χ2v) is 11.4. The van der Waals surface area contributed by atoms with Crippen molar-refractivity contribution in [3.05, 3.63) is 75.6 Å². The Kier molecular flexibility index (Phi) is 7.62. The lowest BCUT2D eigenvalue weighted by Crippen LogP contribution is -2.39. The number of carboxylic acid groups (broad SMARTS) is 1. The predicted molar refractivity (Wildman–Crippen MR) is 134 cm³/mol. The highest BCUT2D eigenvalue weighted by molar-refractivity contribution is 8.20. The summed E-state index contributed by atoms with van der Waals surface area (Å²) < 4.78 is 30.5. The first-order valence-electron chi connectivity index (χ1n) is 10.7. The zero-order valence-corrected chi connectivity index (χ0v) is 21.0. The number of unbranched alkanes of at least 4 members (excludes halogenated alkanes) is 1. The van der Waals surface area contributed by atoms with Crippen LogP contribution >= 0.6 is 10.5 Å². The van der Waals surface area contributed by atoms with Gasteiger partial charge in [-0.3, -0.25) is 0 Å². The number of hydrogen-bond acceptors (Lipinski definition) is 6. The maximum absolute atomic E-state index is 13.4. The number of aryl methyl sites for hydroxylation is 1. The molecule has 2 heterocycles. The smallest absolute Gasteiger partial charge is 0.338 e. The molecule has 0 amide bonds. The summed E-state index contributed by atoms with van der Waals surface area (Å²) in [6.07, 6.45) is 8.48. The Balaban J connectivity index is 2.15. The van der Waals surface area contributed by atoms with Crippen molar-refractivity contribution in [3.8, 4) is 0 Å². The van der Waals surface area contributed by atoms with E-state index in [9.17, 15) is 23.1 Å². The lowest BCUT2D eigenvalue weighted by atomic mass is 9.86. The molecule has 182 valence electrons. The third-order valence-electron chi connectivity index (χ3n) is 5.65. The highest BCUT2D eigenvalue weighted by Gasteiger charge is 2.46. The number of allylic oxidation sites excluding steroid dienone is 2. The Bertz CT molecular complexity index is 1290. The number of carboxylic acids is 1. The zero-order chi connectivity index (χ0) is 25.1. The summed E-state index contributed by atoms with van der Waals surface area (Å²) >= 11 is 0. The molecule has 1 aliphatic heterocycles. The minimum absolute atomic E-state index is 0.172. The van der Waals surface area contributed by atoms with Gasteiger partial charge in [-0.2, -0.15) is 8.42 Å². The van der Waals surface area contributed by atoms with E-state index in [-0.39, 0.29) is 5.56 Å². The van der Waals surface area contributed by atoms with Gasteiger partial charge >= 0.3 is 22.1 Å². The molecule has 3 rings (SSSR count). The van der Waals surface area contributed by atoms with Gasteiger partial charge in [0.25, 0.3) is 0 Å². The largest absolute Gasteiger partial charge is 0.478 e. The van der Waals surface area contributed by atoms with Gasteiger partial charge in [0.15, 0.2) is 0 Å². The van der Waals surface area contributed by atoms with Crippen molar-refractivity contribution in [2.75, 3.05) is 6.26 Å². The van der Waals surface area contributed by atoms with Crippen molar-refractivity contribution in [1.82, 2.24) is 9.55 Å². The lowest BCUT2D eigenvalue weighted by Gasteiger charge is -2.30. The van der Waals surface area contributed by atoms with Crippen LogP contribution in [0.2, 0.25) is 0 Å². The molecule has 2 unspecified atom stereocenters. The van der Waals surface area contributed by atoms with E-state index in [4.69, 9.17) is 4.18 Å². The molecule has 2 atom stereocenters. The Morgan fingerprint density at radius 2 is 1.94 bits per heavy atom. The van der Waals surface area contributed by atoms with Crippen LogP contribution in [0.1, 0.15) is 54.1 Å². The molecule has 8 nitrogen and oxygen atoms in total. The van der Waals surface area contributed by atoms with Gasteiger partial charge in [0, 0.05) is 24.1 Å². The first-order chi connectivity index (χ1) is 16.0. The van der Waals surface area contributed by atoms with Crippen LogP contribution in [-0.4, -0.2) is 47.1 Å². The molecule has 1 aromatic carbocycles. The Labute approximate surface area is 202 Å². The van der Waals surface area contributed by atoms with Crippen LogP contribution < -0.4 is 0 Å². The first-order valence-corrected chi connectivity index (χ1v) is 14.0. The number of aromatic nitrogens is 2. The summed E-state index contributed by atoms with van der Waals surface area (Å²) in [4.78, 5) is 29.8. The van der Waals surface area contributed by atoms with Crippen LogP contribution in [0.25, 0.3) is 0 Å². The predicted octanol–water partition coefficient (Wildman–Crippen LogP) is 3.84. The van der Waals surface area contributed by atoms with Crippen molar-refractivity contribution >= 4 is 38.4 Å². The molecule has 34 heavy (non-hydrogen) atoms. The number of rotatable bonds is 10. The molecule has 0 saturated carbocycles. The number of nitrogens with zero attached hydrogens (tertiary/aromatic N) is 2. The van der Waals surface area contributed by atoms with Gasteiger partial charge in [-0.15, -0.1) is 10.5 Å². The van der Waals surface area contributed by atoms with Crippen LogP contribution in [0.5, 0.6) is 0 Å². The molecular weight excluding hydrogens is 476 g/mol. The van der Waals surface area contributed by atoms with Gasteiger partial charge < -0.3 is 13.9 Å². The summed E-state index contributed by atoms with van der Waals surface area (Å²) in [5, 5.41) is 11.0. The van der Waals surface area contributed by atoms with Crippen LogP contribution in [0, 0.1) is 0 Å². The van der Waals surface area contributed by atoms with Crippen LogP contribution in [0.3, 0.4) is 0 Å². The van der Waals surface area contributed by atoms with E-state index < -0.39 is 38.0 Å². The second-order valence-electron chi connectivity index (χ2n) is 8.24. The van der Waals surface area contributed by atoms with Crippen molar-refractivity contribution in [3.63, 3.8) is 0 Å². The Hall–Kier alpha value is -2.98. The van der Waals surface area contributed by atoms with Gasteiger partial charge in [0.05, 0.1) is 17.5 Å². The lowest BCUT2D eigenvalue weighted by molar-refractivity contribution is -0.138. The molecule has 2 aromatic rings. The number of hydrogen-bond donors (Lipinski definition) is 1. The van der Waals surface area contributed by atoms with E-state index in [0.29, 0.717) is 23.6 Å². The molecule has 0 spiro atoms. The fraction of sp³-hybridized carbons (Fsp3) is 0.333. The van der Waals surface area contributed by atoms with Crippen molar-refractivity contribution in [2.45, 2.75) is 45.1 Å². The standard InChI is InChI=1S/C24H28N2O6S2/c1-5-6-9-21-25-15-19(26(21)16-17-10-12-18(13-11-17)22(27)28)24(2,20-8-7-14-33(20)3)23(29)32-34(4,30)31/h7-8,10-15H,3,5-6,9,16H2,1-2,4H3,(H,27,28). The third-order valence-corrected chi connectivity index (χ3v) is 7.70. The normalized spacial score (nSPS) is 17.3. The van der Waals surface area contributed by atoms with E-state index in [1.54, 1.807) is 37.4 Å². The number of carbonyl (C=O) groups excluding carboxylic acids is 1. The van der Waals surface area contributed by atoms with E-state index in [2.05, 4.69) is 17.8 Å². The fourth-order valence-corrected chi connectivity index (χ4v) is 5.64. The Morgan fingerprint density at radius 1 is 1.26 bits per heavy atom. The minimum atomic E-state index is -4.05.